The number of thioether (sulfide) groups is 1. The molecule has 3 N–H and O–H groups in total. The zero-order valence-electron chi connectivity index (χ0n) is 12.4. The SMILES string of the molecule is Cc1ccc(/C=C2\SC(=Nc3ccc(C(=O)O)c(O)c3)NC2=O)o1. The molecule has 0 radical (unpaired) electrons. The molecule has 0 bridgehead atoms. The Balaban J connectivity index is 1.83. The number of amidine groups is 1. The lowest BCUT2D eigenvalue weighted by atomic mass is 10.2. The summed E-state index contributed by atoms with van der Waals surface area (Å²) in [7, 11) is 0. The van der Waals surface area contributed by atoms with Crippen LogP contribution in [0.3, 0.4) is 0 Å². The molecule has 1 aliphatic rings. The van der Waals surface area contributed by atoms with Crippen molar-refractivity contribution in [1.82, 2.24) is 5.32 Å². The first-order valence-corrected chi connectivity index (χ1v) is 7.66. The Morgan fingerprint density at radius 3 is 2.75 bits per heavy atom. The van der Waals surface area contributed by atoms with Gasteiger partial charge >= 0.3 is 5.97 Å². The molecular formula is C16H12N2O5S. The van der Waals surface area contributed by atoms with E-state index >= 15 is 0 Å². The smallest absolute Gasteiger partial charge is 0.339 e. The van der Waals surface area contributed by atoms with Crippen LogP contribution in [0.5, 0.6) is 5.75 Å². The van der Waals surface area contributed by atoms with E-state index in [1.807, 2.05) is 6.92 Å². The number of carboxylic acid groups (broad SMARTS) is 1. The van der Waals surface area contributed by atoms with E-state index in [0.717, 1.165) is 17.5 Å². The van der Waals surface area contributed by atoms with E-state index in [4.69, 9.17) is 9.52 Å². The van der Waals surface area contributed by atoms with Crippen molar-refractivity contribution in [2.24, 2.45) is 4.99 Å². The second-order valence-electron chi connectivity index (χ2n) is 4.94. The number of aliphatic imine (C=N–C) groups is 1. The quantitative estimate of drug-likeness (QED) is 0.738. The molecule has 3 rings (SSSR count). The first-order valence-electron chi connectivity index (χ1n) is 6.85. The Kier molecular flexibility index (Phi) is 4.13. The number of amides is 1. The highest BCUT2D eigenvalue weighted by molar-refractivity contribution is 8.18. The average molecular weight is 344 g/mol. The number of carboxylic acids is 1. The Morgan fingerprint density at radius 1 is 1.33 bits per heavy atom. The van der Waals surface area contributed by atoms with Gasteiger partial charge in [-0.3, -0.25) is 4.79 Å². The molecule has 1 amide bonds. The molecule has 0 spiro atoms. The lowest BCUT2D eigenvalue weighted by Crippen LogP contribution is -2.19. The second-order valence-corrected chi connectivity index (χ2v) is 5.97. The van der Waals surface area contributed by atoms with E-state index in [-0.39, 0.29) is 17.2 Å². The number of carbonyl (C=O) groups excluding carboxylic acids is 1. The number of rotatable bonds is 3. The van der Waals surface area contributed by atoms with E-state index in [1.165, 1.54) is 18.2 Å². The molecule has 1 fully saturated rings. The van der Waals surface area contributed by atoms with Gasteiger partial charge in [-0.15, -0.1) is 0 Å². The van der Waals surface area contributed by atoms with Crippen LogP contribution in [0.2, 0.25) is 0 Å². The van der Waals surface area contributed by atoms with E-state index in [0.29, 0.717) is 21.5 Å². The van der Waals surface area contributed by atoms with Crippen molar-refractivity contribution >= 4 is 40.6 Å². The number of nitrogens with zero attached hydrogens (tertiary/aromatic N) is 1. The number of hydrogen-bond donors (Lipinski definition) is 3. The molecule has 24 heavy (non-hydrogen) atoms. The topological polar surface area (TPSA) is 112 Å². The monoisotopic (exact) mass is 344 g/mol. The fourth-order valence-electron chi connectivity index (χ4n) is 2.03. The molecule has 1 saturated heterocycles. The summed E-state index contributed by atoms with van der Waals surface area (Å²) in [4.78, 5) is 27.4. The van der Waals surface area contributed by atoms with Crippen LogP contribution in [0.15, 0.2) is 44.6 Å². The minimum absolute atomic E-state index is 0.212. The summed E-state index contributed by atoms with van der Waals surface area (Å²) in [5.74, 6) is -0.614. The third-order valence-corrected chi connectivity index (χ3v) is 4.04. The van der Waals surface area contributed by atoms with Crippen LogP contribution >= 0.6 is 11.8 Å². The van der Waals surface area contributed by atoms with Crippen LogP contribution in [-0.4, -0.2) is 27.3 Å². The van der Waals surface area contributed by atoms with Gasteiger partial charge in [-0.1, -0.05) is 0 Å². The zero-order chi connectivity index (χ0) is 17.3. The fourth-order valence-corrected chi connectivity index (χ4v) is 2.85. The van der Waals surface area contributed by atoms with Gasteiger partial charge in [0.15, 0.2) is 5.17 Å². The van der Waals surface area contributed by atoms with Gasteiger partial charge in [-0.2, -0.15) is 0 Å². The number of aromatic carboxylic acids is 1. The summed E-state index contributed by atoms with van der Waals surface area (Å²) in [6, 6.07) is 7.47. The lowest BCUT2D eigenvalue weighted by molar-refractivity contribution is -0.115. The highest BCUT2D eigenvalue weighted by Crippen LogP contribution is 2.30. The molecule has 0 unspecified atom stereocenters. The number of phenols is 1. The zero-order valence-corrected chi connectivity index (χ0v) is 13.3. The van der Waals surface area contributed by atoms with Crippen LogP contribution < -0.4 is 5.32 Å². The minimum Gasteiger partial charge on any atom is -0.507 e. The van der Waals surface area contributed by atoms with Gasteiger partial charge in [0.25, 0.3) is 5.91 Å². The summed E-state index contributed by atoms with van der Waals surface area (Å²) in [5, 5.41) is 21.5. The van der Waals surface area contributed by atoms with Gasteiger partial charge in [0.2, 0.25) is 0 Å². The summed E-state index contributed by atoms with van der Waals surface area (Å²) in [5.41, 5.74) is 0.117. The molecule has 8 heteroatoms. The maximum absolute atomic E-state index is 11.9. The van der Waals surface area contributed by atoms with Gasteiger partial charge in [0.05, 0.1) is 10.6 Å². The van der Waals surface area contributed by atoms with Crippen molar-refractivity contribution in [3.63, 3.8) is 0 Å². The third-order valence-electron chi connectivity index (χ3n) is 3.13. The number of aryl methyl sites for hydroxylation is 1. The molecule has 1 aliphatic heterocycles. The van der Waals surface area contributed by atoms with Gasteiger partial charge in [-0.05, 0) is 43.0 Å². The van der Waals surface area contributed by atoms with Crippen molar-refractivity contribution in [1.29, 1.82) is 0 Å². The van der Waals surface area contributed by atoms with Gasteiger partial charge in [0.1, 0.15) is 22.8 Å². The number of carbonyl (C=O) groups is 2. The molecule has 1 aromatic heterocycles. The summed E-state index contributed by atoms with van der Waals surface area (Å²) in [6.07, 6.45) is 1.61. The summed E-state index contributed by atoms with van der Waals surface area (Å²) in [6.45, 7) is 1.81. The molecule has 0 atom stereocenters. The molecule has 0 saturated carbocycles. The second kappa shape index (κ2) is 6.25. The van der Waals surface area contributed by atoms with Crippen LogP contribution in [-0.2, 0) is 4.79 Å². The van der Waals surface area contributed by atoms with Crippen molar-refractivity contribution < 1.29 is 24.2 Å². The van der Waals surface area contributed by atoms with Crippen LogP contribution in [0.25, 0.3) is 6.08 Å². The Hall–Kier alpha value is -3.00. The summed E-state index contributed by atoms with van der Waals surface area (Å²) >= 11 is 1.13. The molecule has 2 aromatic rings. The predicted molar refractivity (Wildman–Crippen MR) is 89.3 cm³/mol. The van der Waals surface area contributed by atoms with E-state index in [2.05, 4.69) is 10.3 Å². The highest BCUT2D eigenvalue weighted by atomic mass is 32.2. The molecular weight excluding hydrogens is 332 g/mol. The number of benzene rings is 1. The van der Waals surface area contributed by atoms with Crippen LogP contribution in [0.1, 0.15) is 21.9 Å². The third kappa shape index (κ3) is 3.33. The largest absolute Gasteiger partial charge is 0.507 e. The molecule has 122 valence electrons. The van der Waals surface area contributed by atoms with Gasteiger partial charge in [-0.25, -0.2) is 9.79 Å². The van der Waals surface area contributed by atoms with Crippen molar-refractivity contribution in [3.8, 4) is 5.75 Å². The number of furan rings is 1. The van der Waals surface area contributed by atoms with Gasteiger partial charge < -0.3 is 19.9 Å². The van der Waals surface area contributed by atoms with Crippen molar-refractivity contribution in [2.75, 3.05) is 0 Å². The number of nitrogens with one attached hydrogen (secondary N) is 1. The van der Waals surface area contributed by atoms with E-state index in [9.17, 15) is 14.7 Å². The minimum atomic E-state index is -1.23. The normalized spacial score (nSPS) is 17.5. The highest BCUT2D eigenvalue weighted by Gasteiger charge is 2.24. The standard InChI is InChI=1S/C16H12N2O5S/c1-8-2-4-10(23-8)7-13-14(20)18-16(24-13)17-9-3-5-11(15(21)22)12(19)6-9/h2-7,19H,1H3,(H,21,22)(H,17,18,20)/b13-7-. The maximum Gasteiger partial charge on any atom is 0.339 e. The number of hydrogen-bond acceptors (Lipinski definition) is 6. The van der Waals surface area contributed by atoms with Crippen molar-refractivity contribution in [2.45, 2.75) is 6.92 Å². The lowest BCUT2D eigenvalue weighted by Gasteiger charge is -2.01. The first-order chi connectivity index (χ1) is 11.4. The molecule has 0 aliphatic carbocycles. The summed E-state index contributed by atoms with van der Waals surface area (Å²) < 4.78 is 5.40. The van der Waals surface area contributed by atoms with Gasteiger partial charge in [0, 0.05) is 12.1 Å². The Labute approximate surface area is 140 Å². The average Bonchev–Trinajstić information content (AvgIpc) is 3.05. The first kappa shape index (κ1) is 15.9. The van der Waals surface area contributed by atoms with Crippen LogP contribution in [0, 0.1) is 6.92 Å². The molecule has 7 nitrogen and oxygen atoms in total. The maximum atomic E-state index is 11.9. The Bertz CT molecular complexity index is 898. The van der Waals surface area contributed by atoms with E-state index in [1.54, 1.807) is 18.2 Å². The van der Waals surface area contributed by atoms with E-state index < -0.39 is 5.97 Å². The molecule has 1 aromatic carbocycles. The van der Waals surface area contributed by atoms with Crippen molar-refractivity contribution in [3.05, 3.63) is 52.3 Å². The fraction of sp³-hybridized carbons (Fsp3) is 0.0625. The predicted octanol–water partition coefficient (Wildman–Crippen LogP) is 2.88. The van der Waals surface area contributed by atoms with Crippen LogP contribution in [0.4, 0.5) is 5.69 Å². The number of aromatic hydroxyl groups is 1. The molecule has 2 heterocycles. The Morgan fingerprint density at radius 2 is 2.12 bits per heavy atom.